The van der Waals surface area contributed by atoms with Crippen LogP contribution in [-0.2, 0) is 6.42 Å². The molecule has 0 saturated carbocycles. The van der Waals surface area contributed by atoms with Crippen LogP contribution in [0.15, 0.2) is 24.5 Å². The highest BCUT2D eigenvalue weighted by Crippen LogP contribution is 2.48. The maximum atomic E-state index is 5.09. The molecule has 0 radical (unpaired) electrons. The van der Waals surface area contributed by atoms with Gasteiger partial charge in [-0.1, -0.05) is 0 Å². The van der Waals surface area contributed by atoms with Crippen LogP contribution in [0.2, 0.25) is 0 Å². The van der Waals surface area contributed by atoms with Gasteiger partial charge in [0.15, 0.2) is 5.82 Å². The van der Waals surface area contributed by atoms with Crippen molar-refractivity contribution in [3.63, 3.8) is 0 Å². The van der Waals surface area contributed by atoms with Crippen LogP contribution in [0.1, 0.15) is 43.2 Å². The van der Waals surface area contributed by atoms with Crippen molar-refractivity contribution in [1.82, 2.24) is 20.0 Å². The number of hydrazine groups is 1. The van der Waals surface area contributed by atoms with Crippen molar-refractivity contribution >= 4 is 45.7 Å². The molecule has 9 heteroatoms. The van der Waals surface area contributed by atoms with Crippen LogP contribution in [0.4, 0.5) is 17.3 Å². The Balaban J connectivity index is 1.54. The van der Waals surface area contributed by atoms with Gasteiger partial charge in [0, 0.05) is 32.9 Å². The Bertz CT molecular complexity index is 860. The number of hydrogen-bond donors (Lipinski definition) is 0. The molecule has 1 fully saturated rings. The number of rotatable bonds is 3. The Morgan fingerprint density at radius 2 is 1.96 bits per heavy atom. The summed E-state index contributed by atoms with van der Waals surface area (Å²) in [6.07, 6.45) is 10.5. The molecule has 28 heavy (non-hydrogen) atoms. The van der Waals surface area contributed by atoms with Gasteiger partial charge in [0.1, 0.15) is 17.7 Å². The predicted octanol–water partition coefficient (Wildman–Crippen LogP) is 3.92. The number of piperidine rings is 1. The van der Waals surface area contributed by atoms with Crippen molar-refractivity contribution in [3.05, 3.63) is 35.9 Å². The lowest BCUT2D eigenvalue weighted by molar-refractivity contribution is 0.272. The fourth-order valence-corrected chi connectivity index (χ4v) is 6.73. The molecule has 0 aliphatic carbocycles. The summed E-state index contributed by atoms with van der Waals surface area (Å²) in [6, 6.07) is 4.23. The molecule has 0 spiro atoms. The van der Waals surface area contributed by atoms with Crippen molar-refractivity contribution in [2.24, 2.45) is 0 Å². The monoisotopic (exact) mass is 509 g/mol. The molecule has 2 unspecified atom stereocenters. The second kappa shape index (κ2) is 7.88. The molecule has 0 bridgehead atoms. The highest BCUT2D eigenvalue weighted by Gasteiger charge is 2.42. The second-order valence-electron chi connectivity index (χ2n) is 7.59. The van der Waals surface area contributed by atoms with Gasteiger partial charge < -0.3 is 9.80 Å². The highest BCUT2D eigenvalue weighted by molar-refractivity contribution is 14.2. The summed E-state index contributed by atoms with van der Waals surface area (Å²) in [6.45, 7) is 3.19. The summed E-state index contributed by atoms with van der Waals surface area (Å²) >= 11 is 2.45. The van der Waals surface area contributed by atoms with Gasteiger partial charge in [0.2, 0.25) is 0 Å². The fourth-order valence-electron chi connectivity index (χ4n) is 4.55. The number of fused-ring (bicyclic) bond motifs is 2. The van der Waals surface area contributed by atoms with Gasteiger partial charge in [-0.15, -0.1) is 0 Å². The minimum atomic E-state index is 0.0726. The average molecular weight is 509 g/mol. The zero-order valence-corrected chi connectivity index (χ0v) is 19.2. The quantitative estimate of drug-likeness (QED) is 0.460. The number of hydrogen-bond acceptors (Lipinski definition) is 7. The van der Waals surface area contributed by atoms with Crippen LogP contribution in [0.3, 0.4) is 0 Å². The summed E-state index contributed by atoms with van der Waals surface area (Å²) < 4.78 is 2.28. The van der Waals surface area contributed by atoms with E-state index < -0.39 is 0 Å². The molecule has 148 valence electrons. The van der Waals surface area contributed by atoms with E-state index in [0.717, 1.165) is 49.8 Å². The number of halogens is 1. The molecule has 2 aromatic rings. The third-order valence-corrected chi connectivity index (χ3v) is 7.99. The van der Waals surface area contributed by atoms with Crippen molar-refractivity contribution in [1.29, 1.82) is 0 Å². The topological polar surface area (TPSA) is 51.6 Å². The van der Waals surface area contributed by atoms with E-state index in [1.54, 1.807) is 0 Å². The lowest BCUT2D eigenvalue weighted by Crippen LogP contribution is -2.43. The first-order chi connectivity index (χ1) is 13.8. The Kier molecular flexibility index (Phi) is 5.28. The molecule has 0 aromatic carbocycles. The number of anilines is 3. The first kappa shape index (κ1) is 18.8. The van der Waals surface area contributed by atoms with E-state index in [4.69, 9.17) is 9.97 Å². The summed E-state index contributed by atoms with van der Waals surface area (Å²) in [4.78, 5) is 19.5. The lowest BCUT2D eigenvalue weighted by atomic mass is 10.1. The van der Waals surface area contributed by atoms with Gasteiger partial charge in [-0.05, 0) is 66.3 Å². The van der Waals surface area contributed by atoms with Crippen molar-refractivity contribution in [2.45, 2.75) is 38.3 Å². The average Bonchev–Trinajstić information content (AvgIpc) is 3.04. The second-order valence-corrected chi connectivity index (χ2v) is 9.63. The maximum absolute atomic E-state index is 5.09. The van der Waals surface area contributed by atoms with Crippen LogP contribution in [0.25, 0.3) is 0 Å². The molecule has 7 nitrogen and oxygen atoms in total. The number of nitrogens with zero attached hydrogens (tertiary/aromatic N) is 7. The summed E-state index contributed by atoms with van der Waals surface area (Å²) in [7, 11) is 2.16. The maximum Gasteiger partial charge on any atom is 0.174 e. The standard InChI is InChI=1S/C19H25IN7P/c1-24-19(26-12-6-7-14-15(26)8-5-9-21-14)17-18(27(24)28-20)23-16(13-22-17)25-10-3-2-4-11-25/h5,8-9,13,19,28H,2-4,6-7,10-12H2,1H3. The minimum Gasteiger partial charge on any atom is -0.355 e. The Labute approximate surface area is 180 Å². The SMILES string of the molecule is CN1C(N2CCCc3ncccc32)c2ncc(N3CCCCC3)nc2N1PI. The van der Waals surface area contributed by atoms with Gasteiger partial charge in [-0.2, -0.15) is 5.01 Å². The molecule has 2 aromatic heterocycles. The molecular weight excluding hydrogens is 484 g/mol. The van der Waals surface area contributed by atoms with Crippen LogP contribution < -0.4 is 14.6 Å². The first-order valence-corrected chi connectivity index (χ1v) is 14.1. The smallest absolute Gasteiger partial charge is 0.174 e. The van der Waals surface area contributed by atoms with Crippen LogP contribution in [-0.4, -0.2) is 46.6 Å². The lowest BCUT2D eigenvalue weighted by Gasteiger charge is -2.39. The Morgan fingerprint density at radius 1 is 1.11 bits per heavy atom. The minimum absolute atomic E-state index is 0.0726. The molecule has 5 rings (SSSR count). The van der Waals surface area contributed by atoms with E-state index in [1.807, 2.05) is 18.5 Å². The van der Waals surface area contributed by atoms with Crippen LogP contribution in [0, 0.1) is 0 Å². The first-order valence-electron chi connectivity index (χ1n) is 9.99. The van der Waals surface area contributed by atoms with E-state index >= 15 is 0 Å². The number of pyridine rings is 1. The molecule has 0 amide bonds. The molecule has 1 saturated heterocycles. The highest BCUT2D eigenvalue weighted by atomic mass is 127. The largest absolute Gasteiger partial charge is 0.355 e. The van der Waals surface area contributed by atoms with E-state index in [-0.39, 0.29) is 6.17 Å². The zero-order valence-electron chi connectivity index (χ0n) is 16.1. The number of aryl methyl sites for hydroxylation is 1. The zero-order chi connectivity index (χ0) is 19.1. The third kappa shape index (κ3) is 3.13. The third-order valence-electron chi connectivity index (χ3n) is 5.93. The molecule has 0 N–H and O–H groups in total. The summed E-state index contributed by atoms with van der Waals surface area (Å²) in [5, 5.41) is 2.30. The van der Waals surface area contributed by atoms with E-state index in [1.165, 1.54) is 30.6 Å². The molecule has 2 atom stereocenters. The summed E-state index contributed by atoms with van der Waals surface area (Å²) in [5.41, 5.74) is 3.48. The molecule has 3 aliphatic rings. The van der Waals surface area contributed by atoms with Crippen LogP contribution >= 0.6 is 28.4 Å². The van der Waals surface area contributed by atoms with Crippen molar-refractivity contribution < 1.29 is 0 Å². The predicted molar refractivity (Wildman–Crippen MR) is 123 cm³/mol. The number of aromatic nitrogens is 3. The molecule has 3 aliphatic heterocycles. The molecular formula is C19H25IN7P. The van der Waals surface area contributed by atoms with Crippen molar-refractivity contribution in [3.8, 4) is 0 Å². The van der Waals surface area contributed by atoms with E-state index in [0.29, 0.717) is 6.37 Å². The Morgan fingerprint density at radius 3 is 2.79 bits per heavy atom. The van der Waals surface area contributed by atoms with Gasteiger partial charge in [0.05, 0.1) is 24.0 Å². The van der Waals surface area contributed by atoms with Crippen LogP contribution in [0.5, 0.6) is 0 Å². The van der Waals surface area contributed by atoms with E-state index in [9.17, 15) is 0 Å². The van der Waals surface area contributed by atoms with Crippen molar-refractivity contribution in [2.75, 3.05) is 41.3 Å². The normalized spacial score (nSPS) is 22.8. The fraction of sp³-hybridized carbons (Fsp3) is 0.526. The summed E-state index contributed by atoms with van der Waals surface area (Å²) in [5.74, 6) is 2.03. The Hall–Kier alpha value is -1.25. The van der Waals surface area contributed by atoms with Gasteiger partial charge in [-0.25, -0.2) is 9.97 Å². The van der Waals surface area contributed by atoms with Gasteiger partial charge >= 0.3 is 0 Å². The van der Waals surface area contributed by atoms with E-state index in [2.05, 4.69) is 59.7 Å². The van der Waals surface area contributed by atoms with Gasteiger partial charge in [0.25, 0.3) is 0 Å². The molecule has 5 heterocycles. The van der Waals surface area contributed by atoms with Gasteiger partial charge in [-0.3, -0.25) is 9.76 Å².